The van der Waals surface area contributed by atoms with Gasteiger partial charge in [-0.1, -0.05) is 23.7 Å². The van der Waals surface area contributed by atoms with E-state index in [0.29, 0.717) is 0 Å². The van der Waals surface area contributed by atoms with Crippen LogP contribution in [0.2, 0.25) is 5.02 Å². The molecule has 4 nitrogen and oxygen atoms in total. The van der Waals surface area contributed by atoms with Crippen molar-refractivity contribution in [2.75, 3.05) is 31.1 Å². The van der Waals surface area contributed by atoms with E-state index in [2.05, 4.69) is 4.90 Å². The lowest BCUT2D eigenvalue weighted by atomic mass is 10.2. The molecule has 1 aromatic carbocycles. The van der Waals surface area contributed by atoms with Gasteiger partial charge in [-0.15, -0.1) is 12.4 Å². The number of benzene rings is 1. The second-order valence-electron chi connectivity index (χ2n) is 4.49. The molecule has 0 spiro atoms. The van der Waals surface area contributed by atoms with Crippen LogP contribution in [0.1, 0.15) is 6.92 Å². The number of carboxylic acids is 1. The van der Waals surface area contributed by atoms with Crippen LogP contribution >= 0.6 is 24.0 Å². The van der Waals surface area contributed by atoms with Gasteiger partial charge in [-0.25, -0.2) is 0 Å². The summed E-state index contributed by atoms with van der Waals surface area (Å²) in [5.41, 5.74) is 1.03. The molecule has 0 aromatic heterocycles. The molecule has 106 valence electrons. The molecule has 1 atom stereocenters. The molecule has 1 aliphatic rings. The Morgan fingerprint density at radius 1 is 1.26 bits per heavy atom. The third-order valence-electron chi connectivity index (χ3n) is 3.41. The summed E-state index contributed by atoms with van der Waals surface area (Å²) in [5, 5.41) is 9.73. The van der Waals surface area contributed by atoms with Gasteiger partial charge in [0.05, 0.1) is 10.7 Å². The highest BCUT2D eigenvalue weighted by atomic mass is 35.5. The van der Waals surface area contributed by atoms with Crippen molar-refractivity contribution < 1.29 is 9.90 Å². The summed E-state index contributed by atoms with van der Waals surface area (Å²) in [6.45, 7) is 4.84. The van der Waals surface area contributed by atoms with Crippen LogP contribution in [0.5, 0.6) is 0 Å². The maximum atomic E-state index is 10.9. The third-order valence-corrected chi connectivity index (χ3v) is 3.73. The van der Waals surface area contributed by atoms with Crippen molar-refractivity contribution >= 4 is 35.7 Å². The van der Waals surface area contributed by atoms with Crippen LogP contribution in [0.15, 0.2) is 24.3 Å². The zero-order chi connectivity index (χ0) is 13.1. The summed E-state index contributed by atoms with van der Waals surface area (Å²) in [6, 6.07) is 7.34. The highest BCUT2D eigenvalue weighted by Crippen LogP contribution is 2.26. The molecule has 1 saturated heterocycles. The number of nitrogens with zero attached hydrogens (tertiary/aromatic N) is 2. The lowest BCUT2D eigenvalue weighted by molar-refractivity contribution is -0.142. The average molecular weight is 305 g/mol. The lowest BCUT2D eigenvalue weighted by Crippen LogP contribution is -2.51. The fourth-order valence-electron chi connectivity index (χ4n) is 2.21. The summed E-state index contributed by atoms with van der Waals surface area (Å²) >= 11 is 6.16. The van der Waals surface area contributed by atoms with Crippen molar-refractivity contribution in [3.05, 3.63) is 29.3 Å². The Kier molecular flexibility index (Phi) is 5.91. The van der Waals surface area contributed by atoms with Gasteiger partial charge < -0.3 is 10.0 Å². The van der Waals surface area contributed by atoms with Crippen molar-refractivity contribution in [3.63, 3.8) is 0 Å². The van der Waals surface area contributed by atoms with Gasteiger partial charge >= 0.3 is 5.97 Å². The molecule has 1 fully saturated rings. The van der Waals surface area contributed by atoms with Gasteiger partial charge in [0.1, 0.15) is 6.04 Å². The molecule has 0 radical (unpaired) electrons. The monoisotopic (exact) mass is 304 g/mol. The summed E-state index contributed by atoms with van der Waals surface area (Å²) in [4.78, 5) is 15.1. The number of para-hydroxylation sites is 1. The van der Waals surface area contributed by atoms with Crippen LogP contribution < -0.4 is 4.90 Å². The van der Waals surface area contributed by atoms with E-state index in [1.54, 1.807) is 6.92 Å². The topological polar surface area (TPSA) is 43.8 Å². The van der Waals surface area contributed by atoms with Crippen LogP contribution in [0.4, 0.5) is 5.69 Å². The number of carbonyl (C=O) groups is 1. The van der Waals surface area contributed by atoms with Crippen molar-refractivity contribution in [3.8, 4) is 0 Å². The Morgan fingerprint density at radius 3 is 2.37 bits per heavy atom. The van der Waals surface area contributed by atoms with Crippen molar-refractivity contribution in [1.29, 1.82) is 0 Å². The van der Waals surface area contributed by atoms with Crippen molar-refractivity contribution in [2.24, 2.45) is 0 Å². The SMILES string of the molecule is CC(C(=O)O)N1CCN(c2ccccc2Cl)CC1.Cl. The molecule has 19 heavy (non-hydrogen) atoms. The predicted octanol–water partition coefficient (Wildman–Crippen LogP) is 2.36. The fourth-order valence-corrected chi connectivity index (χ4v) is 2.47. The number of rotatable bonds is 3. The number of piperazine rings is 1. The number of halogens is 2. The molecule has 6 heteroatoms. The normalized spacial score (nSPS) is 17.7. The Hall–Kier alpha value is -0.970. The molecule has 1 heterocycles. The zero-order valence-electron chi connectivity index (χ0n) is 10.8. The van der Waals surface area contributed by atoms with Gasteiger partial charge in [0.2, 0.25) is 0 Å². The minimum Gasteiger partial charge on any atom is -0.480 e. The molecular formula is C13H18Cl2N2O2. The number of anilines is 1. The quantitative estimate of drug-likeness (QED) is 0.931. The molecule has 1 N–H and O–H groups in total. The molecule has 2 rings (SSSR count). The van der Waals surface area contributed by atoms with E-state index in [9.17, 15) is 4.79 Å². The van der Waals surface area contributed by atoms with E-state index < -0.39 is 12.0 Å². The molecular weight excluding hydrogens is 287 g/mol. The molecule has 0 bridgehead atoms. The van der Waals surface area contributed by atoms with E-state index in [4.69, 9.17) is 16.7 Å². The molecule has 1 aliphatic heterocycles. The van der Waals surface area contributed by atoms with Gasteiger partial charge in [-0.3, -0.25) is 9.69 Å². The molecule has 0 amide bonds. The second kappa shape index (κ2) is 6.98. The van der Waals surface area contributed by atoms with Crippen LogP contribution in [0, 0.1) is 0 Å². The fraction of sp³-hybridized carbons (Fsp3) is 0.462. The van der Waals surface area contributed by atoms with Crippen molar-refractivity contribution in [1.82, 2.24) is 4.90 Å². The third kappa shape index (κ3) is 3.75. The van der Waals surface area contributed by atoms with E-state index in [0.717, 1.165) is 36.9 Å². The first-order chi connectivity index (χ1) is 8.59. The van der Waals surface area contributed by atoms with Crippen LogP contribution in [-0.4, -0.2) is 48.2 Å². The van der Waals surface area contributed by atoms with E-state index >= 15 is 0 Å². The van der Waals surface area contributed by atoms with Gasteiger partial charge in [-0.2, -0.15) is 0 Å². The summed E-state index contributed by atoms with van der Waals surface area (Å²) in [7, 11) is 0. The molecule has 1 unspecified atom stereocenters. The standard InChI is InChI=1S/C13H17ClN2O2.ClH/c1-10(13(17)18)15-6-8-16(9-7-15)12-5-3-2-4-11(12)14;/h2-5,10H,6-9H2,1H3,(H,17,18);1H. The minimum absolute atomic E-state index is 0. The highest BCUT2D eigenvalue weighted by Gasteiger charge is 2.25. The smallest absolute Gasteiger partial charge is 0.320 e. The van der Waals surface area contributed by atoms with Gasteiger partial charge in [0, 0.05) is 26.2 Å². The van der Waals surface area contributed by atoms with E-state index in [-0.39, 0.29) is 12.4 Å². The molecule has 1 aromatic rings. The van der Waals surface area contributed by atoms with Gasteiger partial charge in [0.15, 0.2) is 0 Å². The Morgan fingerprint density at radius 2 is 1.84 bits per heavy atom. The maximum absolute atomic E-state index is 10.9. The Labute approximate surface area is 124 Å². The van der Waals surface area contributed by atoms with E-state index in [1.165, 1.54) is 0 Å². The lowest BCUT2D eigenvalue weighted by Gasteiger charge is -2.38. The minimum atomic E-state index is -0.763. The Bertz CT molecular complexity index is 434. The average Bonchev–Trinajstić information content (AvgIpc) is 2.38. The first-order valence-corrected chi connectivity index (χ1v) is 6.43. The van der Waals surface area contributed by atoms with Crippen LogP contribution in [-0.2, 0) is 4.79 Å². The van der Waals surface area contributed by atoms with Crippen LogP contribution in [0.25, 0.3) is 0 Å². The van der Waals surface area contributed by atoms with E-state index in [1.807, 2.05) is 29.2 Å². The number of carboxylic acid groups (broad SMARTS) is 1. The summed E-state index contributed by atoms with van der Waals surface area (Å²) < 4.78 is 0. The first kappa shape index (κ1) is 16.1. The largest absolute Gasteiger partial charge is 0.480 e. The zero-order valence-corrected chi connectivity index (χ0v) is 12.3. The van der Waals surface area contributed by atoms with Crippen molar-refractivity contribution in [2.45, 2.75) is 13.0 Å². The predicted molar refractivity (Wildman–Crippen MR) is 79.6 cm³/mol. The molecule has 0 saturated carbocycles. The first-order valence-electron chi connectivity index (χ1n) is 6.06. The van der Waals surface area contributed by atoms with Crippen LogP contribution in [0.3, 0.4) is 0 Å². The maximum Gasteiger partial charge on any atom is 0.320 e. The Balaban J connectivity index is 0.00000180. The second-order valence-corrected chi connectivity index (χ2v) is 4.90. The molecule has 0 aliphatic carbocycles. The van der Waals surface area contributed by atoms with Gasteiger partial charge in [0.25, 0.3) is 0 Å². The number of hydrogen-bond acceptors (Lipinski definition) is 3. The number of hydrogen-bond donors (Lipinski definition) is 1. The highest BCUT2D eigenvalue weighted by molar-refractivity contribution is 6.33. The summed E-state index contributed by atoms with van der Waals surface area (Å²) in [6.07, 6.45) is 0. The van der Waals surface area contributed by atoms with Gasteiger partial charge in [-0.05, 0) is 19.1 Å². The summed E-state index contributed by atoms with van der Waals surface area (Å²) in [5.74, 6) is -0.763. The number of aliphatic carboxylic acids is 1.